The zero-order valence-corrected chi connectivity index (χ0v) is 15.3. The van der Waals surface area contributed by atoms with Crippen molar-refractivity contribution in [3.05, 3.63) is 50.8 Å². The number of rotatable bonds is 2. The number of hydrogen-bond acceptors (Lipinski definition) is 4. The van der Waals surface area contributed by atoms with Gasteiger partial charge in [-0.2, -0.15) is 0 Å². The summed E-state index contributed by atoms with van der Waals surface area (Å²) in [4.78, 5) is 14.9. The summed E-state index contributed by atoms with van der Waals surface area (Å²) in [5.41, 5.74) is 2.38. The number of aromatic nitrogens is 1. The van der Waals surface area contributed by atoms with Crippen LogP contribution in [0.2, 0.25) is 10.0 Å². The van der Waals surface area contributed by atoms with Gasteiger partial charge in [0.1, 0.15) is 11.1 Å². The first-order chi connectivity index (χ1) is 11.6. The van der Waals surface area contributed by atoms with Gasteiger partial charge in [0, 0.05) is 39.9 Å². The van der Waals surface area contributed by atoms with Crippen LogP contribution in [0.4, 0.5) is 0 Å². The lowest BCUT2D eigenvalue weighted by molar-refractivity contribution is 0.0749. The highest BCUT2D eigenvalue weighted by Crippen LogP contribution is 2.42. The largest absolute Gasteiger partial charge is 0.360 e. The van der Waals surface area contributed by atoms with Crippen molar-refractivity contribution in [2.45, 2.75) is 31.1 Å². The summed E-state index contributed by atoms with van der Waals surface area (Å²) in [6.45, 7) is 0.675. The summed E-state index contributed by atoms with van der Waals surface area (Å²) in [5, 5.41) is 5.14. The highest BCUT2D eigenvalue weighted by atomic mass is 35.5. The first-order valence-corrected chi connectivity index (χ1v) is 9.80. The van der Waals surface area contributed by atoms with Gasteiger partial charge in [-0.1, -0.05) is 34.4 Å². The maximum atomic E-state index is 13.1. The normalized spacial score (nSPS) is 20.2. The molecule has 0 spiro atoms. The van der Waals surface area contributed by atoms with Crippen molar-refractivity contribution in [1.82, 2.24) is 10.1 Å². The van der Waals surface area contributed by atoms with Crippen molar-refractivity contribution in [2.75, 3.05) is 12.3 Å². The Morgan fingerprint density at radius 3 is 2.96 bits per heavy atom. The predicted octanol–water partition coefficient (Wildman–Crippen LogP) is 4.75. The highest BCUT2D eigenvalue weighted by molar-refractivity contribution is 7.99. The number of benzene rings is 1. The van der Waals surface area contributed by atoms with E-state index in [1.165, 1.54) is 0 Å². The molecule has 2 aromatic rings. The summed E-state index contributed by atoms with van der Waals surface area (Å²) in [6.07, 6.45) is 3.91. The Morgan fingerprint density at radius 1 is 1.29 bits per heavy atom. The van der Waals surface area contributed by atoms with Gasteiger partial charge >= 0.3 is 0 Å². The molecule has 1 atom stereocenters. The monoisotopic (exact) mass is 382 g/mol. The Bertz CT molecular complexity index is 793. The van der Waals surface area contributed by atoms with Gasteiger partial charge in [-0.3, -0.25) is 4.79 Å². The molecule has 1 aromatic carbocycles. The molecule has 126 valence electrons. The molecule has 4 rings (SSSR count). The van der Waals surface area contributed by atoms with Crippen LogP contribution >= 0.6 is 35.0 Å². The molecular weight excluding hydrogens is 367 g/mol. The van der Waals surface area contributed by atoms with Gasteiger partial charge in [0.25, 0.3) is 5.91 Å². The zero-order chi connectivity index (χ0) is 16.7. The van der Waals surface area contributed by atoms with E-state index in [1.807, 2.05) is 17.0 Å². The topological polar surface area (TPSA) is 46.3 Å². The Morgan fingerprint density at radius 2 is 2.12 bits per heavy atom. The van der Waals surface area contributed by atoms with Crippen LogP contribution in [-0.2, 0) is 12.8 Å². The molecule has 0 saturated carbocycles. The van der Waals surface area contributed by atoms with Crippen LogP contribution in [0, 0.1) is 0 Å². The molecule has 1 aromatic heterocycles. The van der Waals surface area contributed by atoms with Crippen LogP contribution in [0.1, 0.15) is 45.6 Å². The zero-order valence-electron chi connectivity index (χ0n) is 12.9. The van der Waals surface area contributed by atoms with E-state index in [0.717, 1.165) is 48.3 Å². The van der Waals surface area contributed by atoms with Crippen LogP contribution in [0.3, 0.4) is 0 Å². The van der Waals surface area contributed by atoms with E-state index < -0.39 is 0 Å². The lowest BCUT2D eigenvalue weighted by Crippen LogP contribution is -2.31. The van der Waals surface area contributed by atoms with Gasteiger partial charge in [-0.25, -0.2) is 0 Å². The second kappa shape index (κ2) is 6.62. The second-order valence-electron chi connectivity index (χ2n) is 6.03. The van der Waals surface area contributed by atoms with E-state index >= 15 is 0 Å². The van der Waals surface area contributed by atoms with E-state index in [4.69, 9.17) is 27.7 Å². The van der Waals surface area contributed by atoms with Gasteiger partial charge < -0.3 is 9.42 Å². The second-order valence-corrected chi connectivity index (χ2v) is 8.06. The van der Waals surface area contributed by atoms with E-state index in [0.29, 0.717) is 22.3 Å². The molecule has 1 unspecified atom stereocenters. The van der Waals surface area contributed by atoms with E-state index in [2.05, 4.69) is 5.16 Å². The SMILES string of the molecule is O=C(c1noc2c1CCCC2)N1CCSC1c1ccc(Cl)cc1Cl. The molecule has 1 amide bonds. The number of nitrogens with zero attached hydrogens (tertiary/aromatic N) is 2. The molecule has 1 saturated heterocycles. The molecule has 2 aliphatic rings. The molecule has 1 aliphatic carbocycles. The lowest BCUT2D eigenvalue weighted by Gasteiger charge is -2.24. The number of hydrogen-bond donors (Lipinski definition) is 0. The Labute approximate surface area is 154 Å². The van der Waals surface area contributed by atoms with Crippen molar-refractivity contribution < 1.29 is 9.32 Å². The molecule has 0 N–H and O–H groups in total. The fourth-order valence-corrected chi connectivity index (χ4v) is 5.19. The average molecular weight is 383 g/mol. The molecular formula is C17H16Cl2N2O2S. The number of carbonyl (C=O) groups excluding carboxylic acids is 1. The standard InChI is InChI=1S/C17H16Cl2N2O2S/c18-10-5-6-11(13(19)9-10)17-21(7-8-24-17)16(22)15-12-3-1-2-4-14(12)23-20-15/h5-6,9,17H,1-4,7-8H2. The molecule has 1 fully saturated rings. The summed E-state index contributed by atoms with van der Waals surface area (Å²) in [6, 6.07) is 5.42. The summed E-state index contributed by atoms with van der Waals surface area (Å²) in [7, 11) is 0. The van der Waals surface area contributed by atoms with Crippen LogP contribution in [0.25, 0.3) is 0 Å². The predicted molar refractivity (Wildman–Crippen MR) is 95.8 cm³/mol. The summed E-state index contributed by atoms with van der Waals surface area (Å²) in [5.74, 6) is 1.68. The van der Waals surface area contributed by atoms with Crippen LogP contribution in [0.15, 0.2) is 22.7 Å². The molecule has 24 heavy (non-hydrogen) atoms. The molecule has 0 radical (unpaired) electrons. The van der Waals surface area contributed by atoms with Gasteiger partial charge in [-0.15, -0.1) is 11.8 Å². The van der Waals surface area contributed by atoms with Crippen molar-refractivity contribution in [3.8, 4) is 0 Å². The number of thioether (sulfide) groups is 1. The molecule has 0 bridgehead atoms. The molecule has 4 nitrogen and oxygen atoms in total. The molecule has 1 aliphatic heterocycles. The number of aryl methyl sites for hydroxylation is 1. The van der Waals surface area contributed by atoms with Crippen molar-refractivity contribution in [3.63, 3.8) is 0 Å². The van der Waals surface area contributed by atoms with E-state index in [-0.39, 0.29) is 11.3 Å². The number of halogens is 2. The molecule has 7 heteroatoms. The van der Waals surface area contributed by atoms with Gasteiger partial charge in [0.2, 0.25) is 0 Å². The van der Waals surface area contributed by atoms with Gasteiger partial charge in [0.05, 0.1) is 0 Å². The smallest absolute Gasteiger partial charge is 0.277 e. The molecule has 2 heterocycles. The third kappa shape index (κ3) is 2.83. The average Bonchev–Trinajstić information content (AvgIpc) is 3.21. The number of amides is 1. The third-order valence-corrected chi connectivity index (χ3v) is 6.34. The van der Waals surface area contributed by atoms with Crippen molar-refractivity contribution in [2.24, 2.45) is 0 Å². The van der Waals surface area contributed by atoms with Crippen molar-refractivity contribution in [1.29, 1.82) is 0 Å². The number of fused-ring (bicyclic) bond motifs is 1. The maximum Gasteiger partial charge on any atom is 0.277 e. The van der Waals surface area contributed by atoms with Crippen molar-refractivity contribution >= 4 is 40.9 Å². The maximum absolute atomic E-state index is 13.1. The minimum absolute atomic E-state index is 0.0667. The third-order valence-electron chi connectivity index (χ3n) is 4.53. The Balaban J connectivity index is 1.65. The van der Waals surface area contributed by atoms with Crippen LogP contribution in [-0.4, -0.2) is 28.3 Å². The fourth-order valence-electron chi connectivity index (χ4n) is 3.33. The highest BCUT2D eigenvalue weighted by Gasteiger charge is 2.36. The summed E-state index contributed by atoms with van der Waals surface area (Å²) < 4.78 is 5.40. The van der Waals surface area contributed by atoms with Gasteiger partial charge in [-0.05, 0) is 31.4 Å². The van der Waals surface area contributed by atoms with Gasteiger partial charge in [0.15, 0.2) is 5.69 Å². The number of carbonyl (C=O) groups is 1. The van der Waals surface area contributed by atoms with Crippen LogP contribution in [0.5, 0.6) is 0 Å². The first-order valence-electron chi connectivity index (χ1n) is 8.00. The first kappa shape index (κ1) is 16.3. The van der Waals surface area contributed by atoms with Crippen LogP contribution < -0.4 is 0 Å². The summed E-state index contributed by atoms with van der Waals surface area (Å²) >= 11 is 14.0. The quantitative estimate of drug-likeness (QED) is 0.751. The van der Waals surface area contributed by atoms with E-state index in [1.54, 1.807) is 17.8 Å². The minimum Gasteiger partial charge on any atom is -0.360 e. The lowest BCUT2D eigenvalue weighted by atomic mass is 9.96. The van der Waals surface area contributed by atoms with E-state index in [9.17, 15) is 4.79 Å². The Kier molecular flexibility index (Phi) is 4.50. The minimum atomic E-state index is -0.113. The Hall–Kier alpha value is -1.17. The fraction of sp³-hybridized carbons (Fsp3) is 0.412.